The third kappa shape index (κ3) is 56.8. The van der Waals surface area contributed by atoms with Crippen molar-refractivity contribution in [1.82, 2.24) is 31.9 Å². The fourth-order valence-electron chi connectivity index (χ4n) is 13.3. The highest BCUT2D eigenvalue weighted by atomic mass is 16.6. The topological polar surface area (TPSA) is 421 Å². The molecule has 0 saturated heterocycles. The number of amides is 6. The van der Waals surface area contributed by atoms with E-state index < -0.39 is 206 Å². The van der Waals surface area contributed by atoms with E-state index in [0.29, 0.717) is 12.8 Å². The van der Waals surface area contributed by atoms with Crippen molar-refractivity contribution in [3.63, 3.8) is 0 Å². The van der Waals surface area contributed by atoms with Crippen molar-refractivity contribution in [1.29, 1.82) is 0 Å². The average molecular weight is 1760 g/mol. The summed E-state index contributed by atoms with van der Waals surface area (Å²) in [5.74, 6) is -9.44. The average Bonchev–Trinajstić information content (AvgIpc) is 0.819. The maximum atomic E-state index is 15.6. The molecule has 0 fully saturated rings. The molecule has 6 amide bonds. The minimum Gasteiger partial charge on any atom is -0.460 e. The molecule has 0 aromatic heterocycles. The molecule has 1 atom stereocenters. The molecular formula is C93H156N6O25. The maximum absolute atomic E-state index is 15.6. The summed E-state index contributed by atoms with van der Waals surface area (Å²) in [4.78, 5) is 212. The summed E-state index contributed by atoms with van der Waals surface area (Å²) < 4.78 is 57.0. The van der Waals surface area contributed by atoms with Gasteiger partial charge in [0.25, 0.3) is 0 Å². The second-order valence-corrected chi connectivity index (χ2v) is 41.6. The van der Waals surface area contributed by atoms with Gasteiger partial charge in [0.05, 0.1) is 0 Å². The first-order valence-electron chi connectivity index (χ1n) is 43.8. The van der Waals surface area contributed by atoms with Crippen molar-refractivity contribution in [2.75, 3.05) is 6.54 Å². The first-order chi connectivity index (χ1) is 56.4. The first-order valence-corrected chi connectivity index (χ1v) is 43.8. The zero-order chi connectivity index (χ0) is 95.4. The van der Waals surface area contributed by atoms with Gasteiger partial charge in [0, 0.05) is 112 Å². The number of hydrogen-bond acceptors (Lipinski definition) is 25. The normalized spacial score (nSPS) is 13.0. The Balaban J connectivity index is 4.76. The molecule has 0 bridgehead atoms. The Bertz CT molecular complexity index is 3130. The molecule has 0 aliphatic heterocycles. The molecule has 708 valence electrons. The van der Waals surface area contributed by atoms with Crippen LogP contribution in [0.25, 0.3) is 0 Å². The Morgan fingerprint density at radius 1 is 0.266 bits per heavy atom. The standard InChI is InChI=1S/C93H156N6O25/c1-64(95-80(114)115-63-65-35-31-29-32-36-65)79(113)94-62-34-30-33-37-66(100)96-90(50-38-67(101)97-91(53-41-70(104)116-81(2,3)4,54-42-71(105)117-82(5,6)7)55-43-72(106)118-83(8,9)10,51-39-68(102)98-92(56-44-73(107)119-84(11,12)13,57-45-74(108)120-85(14,15)16)58-46-75(109)121-86(17,18)19)52-40-69(103)99-93(59-47-76(110)122-87(20,21)22,60-48-77(111)123-88(23,24)25)61-49-78(112)124-89(26,27)28/h29,31-32,35-36,64H,30,33-34,37-63H2,1-28H3,(H,94,113)(H,95,114)(H,96,100)(H,97,101)(H,98,102)(H,99,103)/t64-/m0/s1. The van der Waals surface area contributed by atoms with Crippen LogP contribution in [0.4, 0.5) is 4.79 Å². The van der Waals surface area contributed by atoms with E-state index in [1.165, 1.54) is 6.92 Å². The van der Waals surface area contributed by atoms with Gasteiger partial charge < -0.3 is 79.3 Å². The van der Waals surface area contributed by atoms with Gasteiger partial charge in [-0.05, 0) is 289 Å². The zero-order valence-electron chi connectivity index (χ0n) is 80.4. The Hall–Kier alpha value is -8.93. The van der Waals surface area contributed by atoms with Crippen LogP contribution in [0, 0.1) is 0 Å². The van der Waals surface area contributed by atoms with Gasteiger partial charge in [-0.25, -0.2) is 4.79 Å². The highest BCUT2D eigenvalue weighted by molar-refractivity contribution is 5.85. The molecule has 1 aromatic carbocycles. The fourth-order valence-corrected chi connectivity index (χ4v) is 13.3. The molecule has 0 unspecified atom stereocenters. The van der Waals surface area contributed by atoms with Gasteiger partial charge in [-0.3, -0.25) is 67.1 Å². The Morgan fingerprint density at radius 2 is 0.468 bits per heavy atom. The molecule has 31 nitrogen and oxygen atoms in total. The molecule has 1 rings (SSSR count). The predicted octanol–water partition coefficient (Wildman–Crippen LogP) is 14.8. The monoisotopic (exact) mass is 1760 g/mol. The summed E-state index contributed by atoms with van der Waals surface area (Å²) in [5, 5.41) is 17.8. The van der Waals surface area contributed by atoms with Crippen LogP contribution in [0.2, 0.25) is 0 Å². The van der Waals surface area contributed by atoms with Gasteiger partial charge in [0.15, 0.2) is 0 Å². The lowest BCUT2D eigenvalue weighted by molar-refractivity contribution is -0.158. The summed E-state index contributed by atoms with van der Waals surface area (Å²) in [6.07, 6.45) is -7.75. The van der Waals surface area contributed by atoms with Gasteiger partial charge in [0.2, 0.25) is 29.5 Å². The minimum absolute atomic E-state index is 0.0277. The molecule has 6 N–H and O–H groups in total. The third-order valence-corrected chi connectivity index (χ3v) is 18.5. The van der Waals surface area contributed by atoms with E-state index in [4.69, 9.17) is 47.4 Å². The number of hydrogen-bond donors (Lipinski definition) is 6. The largest absolute Gasteiger partial charge is 0.460 e. The van der Waals surface area contributed by atoms with Crippen molar-refractivity contribution in [2.45, 2.75) is 459 Å². The van der Waals surface area contributed by atoms with E-state index in [-0.39, 0.29) is 142 Å². The van der Waals surface area contributed by atoms with Gasteiger partial charge in [0.1, 0.15) is 63.1 Å². The molecule has 1 aromatic rings. The number of rotatable bonds is 50. The van der Waals surface area contributed by atoms with E-state index in [9.17, 15) is 52.7 Å². The number of unbranched alkanes of at least 4 members (excludes halogenated alkanes) is 2. The molecule has 124 heavy (non-hydrogen) atoms. The van der Waals surface area contributed by atoms with Gasteiger partial charge in [-0.1, -0.05) is 36.8 Å². The van der Waals surface area contributed by atoms with Crippen molar-refractivity contribution >= 4 is 89.4 Å². The van der Waals surface area contributed by atoms with E-state index >= 15 is 19.2 Å². The van der Waals surface area contributed by atoms with Crippen LogP contribution in [0.3, 0.4) is 0 Å². The number of ether oxygens (including phenoxy) is 10. The number of nitrogens with one attached hydrogen (secondary N) is 6. The SMILES string of the molecule is C[C@H](NC(=O)OCc1ccccc1)C(=O)NCCCCCC(=O)NC(CCC(=O)NC(CCC(=O)OC(C)(C)C)(CCC(=O)OC(C)(C)C)CCC(=O)OC(C)(C)C)(CCC(=O)NC(CCC(=O)OC(C)(C)C)(CCC(=O)OC(C)(C)C)CCC(=O)OC(C)(C)C)CCC(=O)NC(CCC(=O)OC(C)(C)C)(CCC(=O)OC(C)(C)C)CCC(=O)OC(C)(C)C. The van der Waals surface area contributed by atoms with Crippen LogP contribution in [-0.2, 0) is 121 Å². The number of esters is 9. The van der Waals surface area contributed by atoms with Crippen LogP contribution >= 0.6 is 0 Å². The summed E-state index contributed by atoms with van der Waals surface area (Å²) in [6.45, 7) is 46.8. The molecule has 31 heteroatoms. The lowest BCUT2D eigenvalue weighted by Gasteiger charge is -2.39. The number of alkyl carbamates (subject to hydrolysis) is 1. The van der Waals surface area contributed by atoms with E-state index in [1.807, 2.05) is 6.07 Å². The van der Waals surface area contributed by atoms with Crippen LogP contribution < -0.4 is 31.9 Å². The van der Waals surface area contributed by atoms with Crippen molar-refractivity contribution < 1.29 is 119 Å². The number of benzene rings is 1. The molecule has 0 aliphatic rings. The van der Waals surface area contributed by atoms with E-state index in [2.05, 4.69) is 31.9 Å². The first kappa shape index (κ1) is 113. The Labute approximate surface area is 738 Å². The lowest BCUT2D eigenvalue weighted by Crippen LogP contribution is -2.54. The fraction of sp³-hybridized carbons (Fsp3) is 0.774. The summed E-state index contributed by atoms with van der Waals surface area (Å²) >= 11 is 0. The Morgan fingerprint density at radius 3 is 0.677 bits per heavy atom. The Kier molecular flexibility index (Phi) is 45.4. The van der Waals surface area contributed by atoms with E-state index in [0.717, 1.165) is 5.56 Å². The maximum Gasteiger partial charge on any atom is 0.408 e. The number of carbonyl (C=O) groups excluding carboxylic acids is 15. The van der Waals surface area contributed by atoms with Crippen molar-refractivity contribution in [3.8, 4) is 0 Å². The molecule has 0 spiro atoms. The quantitative estimate of drug-likeness (QED) is 0.0200. The van der Waals surface area contributed by atoms with Crippen LogP contribution in [0.15, 0.2) is 30.3 Å². The third-order valence-electron chi connectivity index (χ3n) is 18.5. The highest BCUT2D eigenvalue weighted by Crippen LogP contribution is 2.36. The van der Waals surface area contributed by atoms with Crippen LogP contribution in [0.1, 0.15) is 379 Å². The summed E-state index contributed by atoms with van der Waals surface area (Å²) in [5.41, 5.74) is -14.5. The highest BCUT2D eigenvalue weighted by Gasteiger charge is 2.43. The zero-order valence-corrected chi connectivity index (χ0v) is 80.4. The van der Waals surface area contributed by atoms with Gasteiger partial charge in [-0.2, -0.15) is 0 Å². The summed E-state index contributed by atoms with van der Waals surface area (Å²) in [6, 6.07) is 7.97. The van der Waals surface area contributed by atoms with Crippen LogP contribution in [-0.4, -0.2) is 175 Å². The second-order valence-electron chi connectivity index (χ2n) is 41.6. The molecule has 0 saturated carbocycles. The van der Waals surface area contributed by atoms with Gasteiger partial charge >= 0.3 is 59.8 Å². The van der Waals surface area contributed by atoms with E-state index in [1.54, 1.807) is 211 Å². The molecule has 0 aliphatic carbocycles. The number of carbonyl (C=O) groups is 15. The van der Waals surface area contributed by atoms with Gasteiger partial charge in [-0.15, -0.1) is 0 Å². The predicted molar refractivity (Wildman–Crippen MR) is 468 cm³/mol. The summed E-state index contributed by atoms with van der Waals surface area (Å²) in [7, 11) is 0. The lowest BCUT2D eigenvalue weighted by atomic mass is 9.80. The smallest absolute Gasteiger partial charge is 0.408 e. The van der Waals surface area contributed by atoms with Crippen molar-refractivity contribution in [2.24, 2.45) is 0 Å². The van der Waals surface area contributed by atoms with Crippen molar-refractivity contribution in [3.05, 3.63) is 35.9 Å². The second kappa shape index (κ2) is 49.8. The van der Waals surface area contributed by atoms with Crippen LogP contribution in [0.5, 0.6) is 0 Å². The molecule has 0 heterocycles. The molecular weight excluding hydrogens is 1600 g/mol. The molecule has 0 radical (unpaired) electrons. The minimum atomic E-state index is -1.83.